The number of hydrogen-bond acceptors (Lipinski definition) is 3. The van der Waals surface area contributed by atoms with Crippen LogP contribution in [0.1, 0.15) is 31.4 Å². The molecule has 0 saturated carbocycles. The molecule has 0 amide bonds. The van der Waals surface area contributed by atoms with Gasteiger partial charge in [0.2, 0.25) is 0 Å². The van der Waals surface area contributed by atoms with Gasteiger partial charge in [-0.15, -0.1) is 24.0 Å². The van der Waals surface area contributed by atoms with Gasteiger partial charge in [-0.2, -0.15) is 0 Å². The number of hydrogen-bond donors (Lipinski definition) is 2. The number of guanidine groups is 1. The first-order valence-electron chi connectivity index (χ1n) is 8.43. The minimum Gasteiger partial charge on any atom is -0.376 e. The molecule has 1 fully saturated rings. The van der Waals surface area contributed by atoms with Crippen LogP contribution in [-0.2, 0) is 11.3 Å². The number of aromatic nitrogens is 1. The van der Waals surface area contributed by atoms with E-state index in [0.717, 1.165) is 63.6 Å². The van der Waals surface area contributed by atoms with Gasteiger partial charge in [0.05, 0.1) is 6.10 Å². The Bertz CT molecular complexity index is 568. The van der Waals surface area contributed by atoms with E-state index >= 15 is 0 Å². The zero-order valence-electron chi connectivity index (χ0n) is 14.6. The van der Waals surface area contributed by atoms with Crippen molar-refractivity contribution in [1.82, 2.24) is 15.2 Å². The summed E-state index contributed by atoms with van der Waals surface area (Å²) in [5.41, 5.74) is 1.09. The van der Waals surface area contributed by atoms with Crippen LogP contribution in [0.15, 0.2) is 28.0 Å². The molecular formula is C17H29IN4O2. The van der Waals surface area contributed by atoms with Gasteiger partial charge in [0.15, 0.2) is 5.96 Å². The van der Waals surface area contributed by atoms with Crippen molar-refractivity contribution in [3.63, 3.8) is 0 Å². The van der Waals surface area contributed by atoms with Crippen molar-refractivity contribution < 1.29 is 4.74 Å². The molecule has 6 nitrogen and oxygen atoms in total. The summed E-state index contributed by atoms with van der Waals surface area (Å²) in [4.78, 5) is 16.0. The van der Waals surface area contributed by atoms with Crippen LogP contribution in [0.4, 0.5) is 0 Å². The fourth-order valence-electron chi connectivity index (χ4n) is 2.75. The van der Waals surface area contributed by atoms with Gasteiger partial charge < -0.3 is 19.9 Å². The standard InChI is InChI=1S/C17H28N4O2.HI/c1-14-7-5-9-16(22)21(14)11-4-3-10-19-17(18-2)20-13-15-8-6-12-23-15;/h5,7,9,15H,3-4,6,8,10-13H2,1-2H3,(H2,18,19,20);1H. The summed E-state index contributed by atoms with van der Waals surface area (Å²) in [5.74, 6) is 0.813. The van der Waals surface area contributed by atoms with Crippen molar-refractivity contribution in [2.24, 2.45) is 4.99 Å². The number of pyridine rings is 1. The van der Waals surface area contributed by atoms with E-state index in [-0.39, 0.29) is 29.5 Å². The minimum atomic E-state index is 0. The maximum Gasteiger partial charge on any atom is 0.250 e. The molecular weight excluding hydrogens is 419 g/mol. The first kappa shape index (κ1) is 21.0. The summed E-state index contributed by atoms with van der Waals surface area (Å²) < 4.78 is 7.41. The first-order chi connectivity index (χ1) is 11.2. The Kier molecular flexibility index (Phi) is 10.0. The highest BCUT2D eigenvalue weighted by atomic mass is 127. The van der Waals surface area contributed by atoms with E-state index in [1.165, 1.54) is 0 Å². The average molecular weight is 448 g/mol. The second-order valence-electron chi connectivity index (χ2n) is 5.88. The monoisotopic (exact) mass is 448 g/mol. The quantitative estimate of drug-likeness (QED) is 0.290. The van der Waals surface area contributed by atoms with Crippen molar-refractivity contribution in [3.05, 3.63) is 34.2 Å². The number of nitrogens with one attached hydrogen (secondary N) is 2. The molecule has 1 aromatic rings. The Morgan fingerprint density at radius 1 is 1.38 bits per heavy atom. The number of halogens is 1. The third-order valence-corrected chi connectivity index (χ3v) is 4.11. The maximum atomic E-state index is 11.8. The lowest BCUT2D eigenvalue weighted by atomic mass is 10.2. The zero-order chi connectivity index (χ0) is 16.5. The van der Waals surface area contributed by atoms with Crippen LogP contribution in [0, 0.1) is 6.92 Å². The molecule has 24 heavy (non-hydrogen) atoms. The van der Waals surface area contributed by atoms with Crippen LogP contribution in [0.5, 0.6) is 0 Å². The fraction of sp³-hybridized carbons (Fsp3) is 0.647. The van der Waals surface area contributed by atoms with Gasteiger partial charge in [0, 0.05) is 45.0 Å². The van der Waals surface area contributed by atoms with Crippen LogP contribution in [0.3, 0.4) is 0 Å². The summed E-state index contributed by atoms with van der Waals surface area (Å²) in [7, 11) is 1.78. The second kappa shape index (κ2) is 11.5. The van der Waals surface area contributed by atoms with Gasteiger partial charge in [0.25, 0.3) is 5.56 Å². The molecule has 0 spiro atoms. The van der Waals surface area contributed by atoms with E-state index in [1.54, 1.807) is 19.2 Å². The molecule has 136 valence electrons. The topological polar surface area (TPSA) is 67.7 Å². The third-order valence-electron chi connectivity index (χ3n) is 4.11. The van der Waals surface area contributed by atoms with Crippen molar-refractivity contribution in [2.75, 3.05) is 26.7 Å². The molecule has 1 aliphatic rings. The third kappa shape index (κ3) is 6.80. The van der Waals surface area contributed by atoms with Crippen LogP contribution in [0.25, 0.3) is 0 Å². The highest BCUT2D eigenvalue weighted by Gasteiger charge is 2.15. The minimum absolute atomic E-state index is 0. The number of aryl methyl sites for hydroxylation is 1. The summed E-state index contributed by atoms with van der Waals surface area (Å²) in [6.07, 6.45) is 4.52. The van der Waals surface area contributed by atoms with Crippen LogP contribution >= 0.6 is 24.0 Å². The molecule has 1 unspecified atom stereocenters. The van der Waals surface area contributed by atoms with E-state index in [0.29, 0.717) is 6.10 Å². The molecule has 2 heterocycles. The van der Waals surface area contributed by atoms with Gasteiger partial charge >= 0.3 is 0 Å². The molecule has 1 atom stereocenters. The average Bonchev–Trinajstić information content (AvgIpc) is 3.06. The highest BCUT2D eigenvalue weighted by molar-refractivity contribution is 14.0. The van der Waals surface area contributed by atoms with Gasteiger partial charge in [-0.05, 0) is 38.7 Å². The van der Waals surface area contributed by atoms with Crippen molar-refractivity contribution >= 4 is 29.9 Å². The van der Waals surface area contributed by atoms with Crippen LogP contribution < -0.4 is 16.2 Å². The van der Waals surface area contributed by atoms with Gasteiger partial charge in [-0.1, -0.05) is 6.07 Å². The molecule has 7 heteroatoms. The zero-order valence-corrected chi connectivity index (χ0v) is 16.9. The van der Waals surface area contributed by atoms with Gasteiger partial charge in [-0.3, -0.25) is 9.79 Å². The largest absolute Gasteiger partial charge is 0.376 e. The summed E-state index contributed by atoms with van der Waals surface area (Å²) in [6, 6.07) is 5.39. The van der Waals surface area contributed by atoms with Crippen molar-refractivity contribution in [2.45, 2.75) is 45.3 Å². The summed E-state index contributed by atoms with van der Waals surface area (Å²) in [6.45, 7) is 5.24. The predicted molar refractivity (Wildman–Crippen MR) is 108 cm³/mol. The van der Waals surface area contributed by atoms with E-state index in [4.69, 9.17) is 4.74 Å². The van der Waals surface area contributed by atoms with Crippen molar-refractivity contribution in [1.29, 1.82) is 0 Å². The highest BCUT2D eigenvalue weighted by Crippen LogP contribution is 2.10. The van der Waals surface area contributed by atoms with Crippen molar-refractivity contribution in [3.8, 4) is 0 Å². The number of ether oxygens (including phenoxy) is 1. The lowest BCUT2D eigenvalue weighted by Gasteiger charge is -2.15. The lowest BCUT2D eigenvalue weighted by Crippen LogP contribution is -2.41. The number of aliphatic imine (C=N–C) groups is 1. The van der Waals surface area contributed by atoms with E-state index in [1.807, 2.05) is 17.6 Å². The Morgan fingerprint density at radius 2 is 2.21 bits per heavy atom. The van der Waals surface area contributed by atoms with Gasteiger partial charge in [0.1, 0.15) is 0 Å². The number of rotatable bonds is 7. The normalized spacial score (nSPS) is 17.4. The Labute approximate surface area is 161 Å². The molecule has 0 aliphatic carbocycles. The van der Waals surface area contributed by atoms with E-state index in [9.17, 15) is 4.79 Å². The Morgan fingerprint density at radius 3 is 2.88 bits per heavy atom. The molecule has 1 aliphatic heterocycles. The van der Waals surface area contributed by atoms with E-state index < -0.39 is 0 Å². The molecule has 1 saturated heterocycles. The molecule has 0 bridgehead atoms. The number of unbranched alkanes of at least 4 members (excludes halogenated alkanes) is 1. The SMILES string of the molecule is CN=C(NCCCCn1c(C)cccc1=O)NCC1CCCO1.I. The molecule has 1 aromatic heterocycles. The van der Waals surface area contributed by atoms with Gasteiger partial charge in [-0.25, -0.2) is 0 Å². The molecule has 0 aromatic carbocycles. The fourth-order valence-corrected chi connectivity index (χ4v) is 2.75. The first-order valence-corrected chi connectivity index (χ1v) is 8.43. The Balaban J connectivity index is 0.00000288. The van der Waals surface area contributed by atoms with E-state index in [2.05, 4.69) is 15.6 Å². The van der Waals surface area contributed by atoms with Crippen LogP contribution in [0.2, 0.25) is 0 Å². The molecule has 0 radical (unpaired) electrons. The molecule has 2 rings (SSSR count). The summed E-state index contributed by atoms with van der Waals surface area (Å²) in [5, 5.41) is 6.60. The van der Waals surface area contributed by atoms with Crippen LogP contribution in [-0.4, -0.2) is 43.4 Å². The second-order valence-corrected chi connectivity index (χ2v) is 5.88. The number of nitrogens with zero attached hydrogens (tertiary/aromatic N) is 2. The maximum absolute atomic E-state index is 11.8. The predicted octanol–water partition coefficient (Wildman–Crippen LogP) is 1.90. The Hall–Kier alpha value is -1.09. The smallest absolute Gasteiger partial charge is 0.250 e. The molecule has 2 N–H and O–H groups in total. The lowest BCUT2D eigenvalue weighted by molar-refractivity contribution is 0.114. The summed E-state index contributed by atoms with van der Waals surface area (Å²) >= 11 is 0.